The van der Waals surface area contributed by atoms with Gasteiger partial charge in [0, 0.05) is 27.0 Å². The van der Waals surface area contributed by atoms with Crippen LogP contribution in [0, 0.1) is 5.92 Å². The van der Waals surface area contributed by atoms with E-state index in [4.69, 9.17) is 0 Å². The van der Waals surface area contributed by atoms with Crippen LogP contribution in [-0.4, -0.2) is 6.54 Å². The van der Waals surface area contributed by atoms with Crippen molar-refractivity contribution in [1.29, 1.82) is 0 Å². The topological polar surface area (TPSA) is 3.24 Å². The highest BCUT2D eigenvalue weighted by atomic mass is 79.9. The van der Waals surface area contributed by atoms with Gasteiger partial charge in [-0.3, -0.25) is 0 Å². The lowest BCUT2D eigenvalue weighted by Gasteiger charge is -2.34. The zero-order chi connectivity index (χ0) is 12.5. The van der Waals surface area contributed by atoms with Crippen LogP contribution in [0.15, 0.2) is 40.2 Å². The lowest BCUT2D eigenvalue weighted by molar-refractivity contribution is 0.531. The van der Waals surface area contributed by atoms with Crippen LogP contribution < -0.4 is 4.90 Å². The summed E-state index contributed by atoms with van der Waals surface area (Å²) >= 11 is 5.36. The molecule has 2 aromatic rings. The van der Waals surface area contributed by atoms with Gasteiger partial charge in [-0.15, -0.1) is 11.3 Å². The van der Waals surface area contributed by atoms with Gasteiger partial charge in [-0.05, 0) is 46.0 Å². The van der Waals surface area contributed by atoms with Crippen molar-refractivity contribution in [3.8, 4) is 0 Å². The zero-order valence-corrected chi connectivity index (χ0v) is 12.8. The molecule has 3 rings (SSSR count). The number of para-hydroxylation sites is 1. The smallest absolute Gasteiger partial charge is 0.0523 e. The summed E-state index contributed by atoms with van der Waals surface area (Å²) in [4.78, 5) is 3.94. The van der Waals surface area contributed by atoms with E-state index in [1.165, 1.54) is 27.0 Å². The van der Waals surface area contributed by atoms with Crippen molar-refractivity contribution in [3.05, 3.63) is 50.6 Å². The van der Waals surface area contributed by atoms with Crippen LogP contribution in [0.1, 0.15) is 17.4 Å². The molecule has 3 heteroatoms. The first-order valence-corrected chi connectivity index (χ1v) is 7.95. The van der Waals surface area contributed by atoms with Gasteiger partial charge < -0.3 is 4.90 Å². The molecule has 94 valence electrons. The van der Waals surface area contributed by atoms with Gasteiger partial charge in [0.05, 0.1) is 6.54 Å². The van der Waals surface area contributed by atoms with E-state index in [-0.39, 0.29) is 0 Å². The minimum Gasteiger partial charge on any atom is -0.366 e. The molecule has 1 aliphatic rings. The van der Waals surface area contributed by atoms with Crippen molar-refractivity contribution < 1.29 is 0 Å². The molecule has 1 atom stereocenters. The van der Waals surface area contributed by atoms with Crippen LogP contribution in [0.5, 0.6) is 0 Å². The summed E-state index contributed by atoms with van der Waals surface area (Å²) in [5.41, 5.74) is 2.91. The monoisotopic (exact) mass is 321 g/mol. The molecule has 1 aromatic carbocycles. The van der Waals surface area contributed by atoms with Crippen LogP contribution in [0.25, 0.3) is 0 Å². The van der Waals surface area contributed by atoms with Crippen molar-refractivity contribution >= 4 is 33.0 Å². The molecule has 0 amide bonds. The summed E-state index contributed by atoms with van der Waals surface area (Å²) in [6.45, 7) is 4.53. The maximum absolute atomic E-state index is 3.53. The van der Waals surface area contributed by atoms with Gasteiger partial charge in [-0.1, -0.05) is 25.1 Å². The molecule has 1 nitrogen and oxygen atoms in total. The molecule has 2 heterocycles. The summed E-state index contributed by atoms with van der Waals surface area (Å²) in [6, 6.07) is 11.0. The third-order valence-electron chi connectivity index (χ3n) is 3.40. The molecule has 0 fully saturated rings. The Morgan fingerprint density at radius 2 is 2.22 bits per heavy atom. The van der Waals surface area contributed by atoms with Crippen molar-refractivity contribution in [2.75, 3.05) is 11.4 Å². The van der Waals surface area contributed by atoms with E-state index in [0.29, 0.717) is 0 Å². The summed E-state index contributed by atoms with van der Waals surface area (Å²) in [7, 11) is 0. The minimum absolute atomic E-state index is 0.739. The Balaban J connectivity index is 1.88. The largest absolute Gasteiger partial charge is 0.366 e. The van der Waals surface area contributed by atoms with E-state index in [9.17, 15) is 0 Å². The Morgan fingerprint density at radius 3 is 3.00 bits per heavy atom. The second-order valence-electron chi connectivity index (χ2n) is 5.05. The number of thiophene rings is 1. The van der Waals surface area contributed by atoms with E-state index in [2.05, 4.69) is 63.5 Å². The number of hydrogen-bond donors (Lipinski definition) is 0. The molecule has 0 spiro atoms. The summed E-state index contributed by atoms with van der Waals surface area (Å²) < 4.78 is 1.20. The minimum atomic E-state index is 0.739. The second kappa shape index (κ2) is 5.06. The van der Waals surface area contributed by atoms with E-state index < -0.39 is 0 Å². The van der Waals surface area contributed by atoms with Crippen molar-refractivity contribution in [2.24, 2.45) is 5.92 Å². The van der Waals surface area contributed by atoms with Gasteiger partial charge in [0.1, 0.15) is 0 Å². The predicted molar refractivity (Wildman–Crippen MR) is 82.4 cm³/mol. The van der Waals surface area contributed by atoms with Gasteiger partial charge in [-0.2, -0.15) is 0 Å². The van der Waals surface area contributed by atoms with Crippen molar-refractivity contribution in [1.82, 2.24) is 0 Å². The Kier molecular flexibility index (Phi) is 3.44. The molecule has 1 aliphatic heterocycles. The number of rotatable bonds is 2. The fraction of sp³-hybridized carbons (Fsp3) is 0.333. The highest BCUT2D eigenvalue weighted by Crippen LogP contribution is 2.32. The van der Waals surface area contributed by atoms with Crippen LogP contribution >= 0.6 is 27.3 Å². The first-order valence-electron chi connectivity index (χ1n) is 6.28. The Hall–Kier alpha value is -0.800. The molecule has 1 aromatic heterocycles. The number of halogens is 1. The van der Waals surface area contributed by atoms with Gasteiger partial charge in [0.2, 0.25) is 0 Å². The summed E-state index contributed by atoms with van der Waals surface area (Å²) in [5, 5.41) is 2.16. The standard InChI is InChI=1S/C15H16BrNS/c1-11-6-12-4-2-3-5-15(12)17(8-11)9-14-7-13(16)10-18-14/h2-5,7,10-11H,6,8-9H2,1H3. The fourth-order valence-electron chi connectivity index (χ4n) is 2.68. The average Bonchev–Trinajstić information content (AvgIpc) is 2.74. The van der Waals surface area contributed by atoms with Gasteiger partial charge in [0.25, 0.3) is 0 Å². The van der Waals surface area contributed by atoms with Gasteiger partial charge in [-0.25, -0.2) is 0 Å². The van der Waals surface area contributed by atoms with Crippen LogP contribution in [-0.2, 0) is 13.0 Å². The first kappa shape index (κ1) is 12.2. The summed E-state index contributed by atoms with van der Waals surface area (Å²) in [5.74, 6) is 0.739. The van der Waals surface area contributed by atoms with Crippen molar-refractivity contribution in [3.63, 3.8) is 0 Å². The lowest BCUT2D eigenvalue weighted by Crippen LogP contribution is -2.33. The molecule has 0 bridgehead atoms. The third-order valence-corrected chi connectivity index (χ3v) is 5.08. The van der Waals surface area contributed by atoms with E-state index >= 15 is 0 Å². The molecule has 0 radical (unpaired) electrons. The quantitative estimate of drug-likeness (QED) is 0.774. The van der Waals surface area contributed by atoms with E-state index in [1.807, 2.05) is 11.3 Å². The van der Waals surface area contributed by atoms with Gasteiger partial charge in [0.15, 0.2) is 0 Å². The van der Waals surface area contributed by atoms with Crippen LogP contribution in [0.3, 0.4) is 0 Å². The normalized spacial score (nSPS) is 18.8. The first-order chi connectivity index (χ1) is 8.72. The fourth-order valence-corrected chi connectivity index (χ4v) is 4.15. The Morgan fingerprint density at radius 1 is 1.39 bits per heavy atom. The van der Waals surface area contributed by atoms with E-state index in [1.54, 1.807) is 0 Å². The molecule has 1 unspecified atom stereocenters. The molecule has 0 saturated carbocycles. The predicted octanol–water partition coefficient (Wildman–Crippen LogP) is 4.71. The maximum atomic E-state index is 3.53. The Labute approximate surface area is 121 Å². The maximum Gasteiger partial charge on any atom is 0.0523 e. The number of hydrogen-bond acceptors (Lipinski definition) is 2. The third kappa shape index (κ3) is 2.47. The molecule has 0 N–H and O–H groups in total. The Bertz CT molecular complexity index is 549. The zero-order valence-electron chi connectivity index (χ0n) is 10.4. The van der Waals surface area contributed by atoms with E-state index in [0.717, 1.165) is 19.0 Å². The molecular formula is C15H16BrNS. The lowest BCUT2D eigenvalue weighted by atomic mass is 9.94. The second-order valence-corrected chi connectivity index (χ2v) is 6.96. The molecule has 0 saturated heterocycles. The number of benzene rings is 1. The highest BCUT2D eigenvalue weighted by molar-refractivity contribution is 9.10. The SMILES string of the molecule is CC1Cc2ccccc2N(Cc2cc(Br)cs2)C1. The molecule has 0 aliphatic carbocycles. The van der Waals surface area contributed by atoms with Crippen LogP contribution in [0.2, 0.25) is 0 Å². The van der Waals surface area contributed by atoms with Crippen molar-refractivity contribution in [2.45, 2.75) is 19.9 Å². The van der Waals surface area contributed by atoms with Gasteiger partial charge >= 0.3 is 0 Å². The molecular weight excluding hydrogens is 306 g/mol. The average molecular weight is 322 g/mol. The number of nitrogens with zero attached hydrogens (tertiary/aromatic N) is 1. The number of anilines is 1. The molecule has 18 heavy (non-hydrogen) atoms. The highest BCUT2D eigenvalue weighted by Gasteiger charge is 2.21. The summed E-state index contributed by atoms with van der Waals surface area (Å²) in [6.07, 6.45) is 1.21. The van der Waals surface area contributed by atoms with Crippen LogP contribution in [0.4, 0.5) is 5.69 Å². The number of fused-ring (bicyclic) bond motifs is 1.